The Morgan fingerprint density at radius 3 is 2.17 bits per heavy atom. The maximum absolute atomic E-state index is 14.0. The van der Waals surface area contributed by atoms with Gasteiger partial charge in [0.05, 0.1) is 26.9 Å². The summed E-state index contributed by atoms with van der Waals surface area (Å²) >= 11 is 6.26. The van der Waals surface area contributed by atoms with E-state index in [1.807, 2.05) is 0 Å². The quantitative estimate of drug-likeness (QED) is 0.0876. The Labute approximate surface area is 267 Å². The number of nitrogens with zero attached hydrogens (tertiary/aromatic N) is 1. The van der Waals surface area contributed by atoms with Crippen molar-refractivity contribution in [3.8, 4) is 0 Å². The van der Waals surface area contributed by atoms with Gasteiger partial charge in [0.25, 0.3) is 5.91 Å². The van der Waals surface area contributed by atoms with Crippen LogP contribution in [0, 0.1) is 64.3 Å². The molecule has 252 valence electrons. The fraction of sp³-hybridized carbons (Fsp3) is 0.333. The summed E-state index contributed by atoms with van der Waals surface area (Å²) in [5.74, 6) is -18.3. The summed E-state index contributed by atoms with van der Waals surface area (Å²) in [6.07, 6.45) is 0.866. The maximum atomic E-state index is 14.0. The van der Waals surface area contributed by atoms with Gasteiger partial charge in [-0.25, -0.2) is 43.5 Å². The Bertz CT molecular complexity index is 1860. The SMILES string of the molecule is C[C@H]1CC2C[C@](O)(/C=N/OCc3c(F)c(F)c(F)c(F)c3F)CC1[C@@H]2S(=O)(=O)c1cc(C(=O)Nc2cc(F)c(F)c(F)c2)ccc1Cl. The molecule has 2 aliphatic carbocycles. The molecule has 2 aliphatic rings. The molecule has 5 rings (SSSR count). The third kappa shape index (κ3) is 6.42. The number of nitrogens with one attached hydrogen (secondary N) is 1. The van der Waals surface area contributed by atoms with Gasteiger partial charge in [0.2, 0.25) is 5.82 Å². The predicted molar refractivity (Wildman–Crippen MR) is 151 cm³/mol. The van der Waals surface area contributed by atoms with Crippen molar-refractivity contribution in [3.63, 3.8) is 0 Å². The van der Waals surface area contributed by atoms with Gasteiger partial charge in [0.1, 0.15) is 12.2 Å². The van der Waals surface area contributed by atoms with Gasteiger partial charge in [0, 0.05) is 23.4 Å². The van der Waals surface area contributed by atoms with Gasteiger partial charge < -0.3 is 15.3 Å². The summed E-state index contributed by atoms with van der Waals surface area (Å²) in [6.45, 7) is 0.605. The molecule has 0 spiro atoms. The molecule has 3 aromatic carbocycles. The normalized spacial score (nSPS) is 24.1. The molecule has 0 heterocycles. The van der Waals surface area contributed by atoms with Crippen LogP contribution in [0.3, 0.4) is 0 Å². The molecule has 1 amide bonds. The lowest BCUT2D eigenvalue weighted by atomic mass is 9.77. The van der Waals surface area contributed by atoms with Crippen LogP contribution >= 0.6 is 11.6 Å². The van der Waals surface area contributed by atoms with E-state index in [0.29, 0.717) is 18.6 Å². The second kappa shape index (κ2) is 12.7. The van der Waals surface area contributed by atoms with E-state index in [9.17, 15) is 53.4 Å². The van der Waals surface area contributed by atoms with Crippen LogP contribution in [-0.2, 0) is 21.3 Å². The average Bonchev–Trinajstić information content (AvgIpc) is 3.23. The van der Waals surface area contributed by atoms with E-state index in [2.05, 4.69) is 10.5 Å². The Morgan fingerprint density at radius 1 is 0.979 bits per heavy atom. The Hall–Kier alpha value is -3.76. The molecule has 2 N–H and O–H groups in total. The molecule has 2 saturated carbocycles. The second-order valence-electron chi connectivity index (χ2n) is 11.6. The first-order valence-corrected chi connectivity index (χ1v) is 15.8. The van der Waals surface area contributed by atoms with Gasteiger partial charge in [-0.15, -0.1) is 0 Å². The van der Waals surface area contributed by atoms with Crippen LogP contribution in [0.15, 0.2) is 40.4 Å². The Morgan fingerprint density at radius 2 is 1.57 bits per heavy atom. The lowest BCUT2D eigenvalue weighted by Gasteiger charge is -2.39. The number of fused-ring (bicyclic) bond motifs is 2. The van der Waals surface area contributed by atoms with Crippen molar-refractivity contribution in [2.24, 2.45) is 22.9 Å². The minimum Gasteiger partial charge on any atom is -0.391 e. The van der Waals surface area contributed by atoms with E-state index in [0.717, 1.165) is 18.3 Å². The number of amides is 1. The van der Waals surface area contributed by atoms with Crippen molar-refractivity contribution in [3.05, 3.63) is 93.0 Å². The van der Waals surface area contributed by atoms with Crippen LogP contribution in [0.2, 0.25) is 5.02 Å². The van der Waals surface area contributed by atoms with Gasteiger partial charge in [-0.3, -0.25) is 4.79 Å². The monoisotopic (exact) mass is 710 g/mol. The molecule has 0 aliphatic heterocycles. The number of oxime groups is 1. The molecule has 2 bridgehead atoms. The van der Waals surface area contributed by atoms with Crippen molar-refractivity contribution in [2.75, 3.05) is 5.32 Å². The number of aliphatic hydroxyl groups is 1. The zero-order chi connectivity index (χ0) is 34.6. The summed E-state index contributed by atoms with van der Waals surface area (Å²) in [7, 11) is -4.30. The highest BCUT2D eigenvalue weighted by Crippen LogP contribution is 2.53. The molecule has 0 radical (unpaired) electrons. The fourth-order valence-electron chi connectivity index (χ4n) is 6.37. The molecule has 7 nitrogen and oxygen atoms in total. The van der Waals surface area contributed by atoms with Crippen LogP contribution in [-0.4, -0.2) is 36.5 Å². The minimum atomic E-state index is -4.30. The average molecular weight is 711 g/mol. The summed E-state index contributed by atoms with van der Waals surface area (Å²) in [5, 5.41) is 15.5. The first-order chi connectivity index (χ1) is 21.9. The zero-order valence-corrected chi connectivity index (χ0v) is 25.5. The zero-order valence-electron chi connectivity index (χ0n) is 23.9. The predicted octanol–water partition coefficient (Wildman–Crippen LogP) is 6.85. The third-order valence-corrected chi connectivity index (χ3v) is 11.3. The minimum absolute atomic E-state index is 0.174. The number of hydrogen-bond donors (Lipinski definition) is 2. The van der Waals surface area contributed by atoms with Crippen LogP contribution < -0.4 is 5.32 Å². The third-order valence-electron chi connectivity index (χ3n) is 8.47. The maximum Gasteiger partial charge on any atom is 0.255 e. The van der Waals surface area contributed by atoms with E-state index in [-0.39, 0.29) is 29.3 Å². The van der Waals surface area contributed by atoms with E-state index < -0.39 is 108 Å². The second-order valence-corrected chi connectivity index (χ2v) is 14.0. The first-order valence-electron chi connectivity index (χ1n) is 13.8. The van der Waals surface area contributed by atoms with E-state index in [1.165, 1.54) is 6.07 Å². The Kier molecular flexibility index (Phi) is 9.33. The highest BCUT2D eigenvalue weighted by atomic mass is 35.5. The van der Waals surface area contributed by atoms with E-state index >= 15 is 0 Å². The first kappa shape index (κ1) is 34.6. The number of sulfone groups is 1. The van der Waals surface area contributed by atoms with Crippen molar-refractivity contribution < 1.29 is 58.3 Å². The highest BCUT2D eigenvalue weighted by molar-refractivity contribution is 7.92. The molecule has 5 atom stereocenters. The summed E-state index contributed by atoms with van der Waals surface area (Å²) in [4.78, 5) is 17.1. The lowest BCUT2D eigenvalue weighted by Crippen LogP contribution is -2.47. The molecular weight excluding hydrogens is 688 g/mol. The smallest absolute Gasteiger partial charge is 0.255 e. The molecule has 2 unspecified atom stereocenters. The number of rotatable bonds is 8. The number of carbonyl (C=O) groups is 1. The molecule has 17 heteroatoms. The van der Waals surface area contributed by atoms with Crippen molar-refractivity contribution in [1.82, 2.24) is 0 Å². The van der Waals surface area contributed by atoms with Crippen LogP contribution in [0.25, 0.3) is 0 Å². The lowest BCUT2D eigenvalue weighted by molar-refractivity contribution is 0.0379. The molecule has 0 aromatic heterocycles. The van der Waals surface area contributed by atoms with Crippen LogP contribution in [0.1, 0.15) is 42.1 Å². The van der Waals surface area contributed by atoms with Gasteiger partial charge >= 0.3 is 0 Å². The summed E-state index contributed by atoms with van der Waals surface area (Å²) < 4.78 is 136. The van der Waals surface area contributed by atoms with E-state index in [1.54, 1.807) is 6.92 Å². The number of carbonyl (C=O) groups excluding carboxylic acids is 1. The summed E-state index contributed by atoms with van der Waals surface area (Å²) in [5.41, 5.74) is -3.72. The topological polar surface area (TPSA) is 105 Å². The van der Waals surface area contributed by atoms with Crippen molar-refractivity contribution in [2.45, 2.75) is 48.5 Å². The van der Waals surface area contributed by atoms with Crippen LogP contribution in [0.5, 0.6) is 0 Å². The van der Waals surface area contributed by atoms with Gasteiger partial charge in [-0.2, -0.15) is 0 Å². The number of halogens is 9. The fourth-order valence-corrected chi connectivity index (χ4v) is 9.27. The number of anilines is 1. The Balaban J connectivity index is 1.33. The number of benzene rings is 3. The molecule has 3 aromatic rings. The molecule has 2 fully saturated rings. The van der Waals surface area contributed by atoms with Crippen molar-refractivity contribution >= 4 is 39.2 Å². The molecule has 47 heavy (non-hydrogen) atoms. The molecular formula is C30H23ClF8N2O5S. The van der Waals surface area contributed by atoms with Crippen LogP contribution in [0.4, 0.5) is 40.8 Å². The van der Waals surface area contributed by atoms with Gasteiger partial charge in [-0.1, -0.05) is 23.7 Å². The summed E-state index contributed by atoms with van der Waals surface area (Å²) in [6, 6.07) is 4.39. The van der Waals surface area contributed by atoms with Gasteiger partial charge in [-0.05, 0) is 55.2 Å². The largest absolute Gasteiger partial charge is 0.391 e. The van der Waals surface area contributed by atoms with E-state index in [4.69, 9.17) is 16.4 Å². The standard InChI is InChI=1S/C30H23ClF8N2O5S/c1-12-4-14-8-30(43,11-40-46-10-17-22(34)25(37)27(39)26(38)23(17)35)9-16(12)28(14)47(44,45)21-5-13(2-3-18(21)31)29(42)41-15-6-19(32)24(36)20(33)7-15/h2-3,5-7,11-12,14,16,28,43H,4,8-10H2,1H3,(H,41,42)/b40-11+/t12-,14?,16?,28+,30+/m0/s1. The highest BCUT2D eigenvalue weighted by Gasteiger charge is 2.56. The molecule has 0 saturated heterocycles. The van der Waals surface area contributed by atoms with Gasteiger partial charge in [0.15, 0.2) is 50.6 Å². The number of hydrogen-bond acceptors (Lipinski definition) is 6. The van der Waals surface area contributed by atoms with Crippen molar-refractivity contribution in [1.29, 1.82) is 0 Å².